The van der Waals surface area contributed by atoms with Crippen LogP contribution < -0.4 is 5.32 Å². The number of nitro groups is 1. The van der Waals surface area contributed by atoms with Crippen LogP contribution in [0.1, 0.15) is 18.4 Å². The van der Waals surface area contributed by atoms with Gasteiger partial charge in [0.2, 0.25) is 5.91 Å². The first kappa shape index (κ1) is 14.5. The molecule has 1 amide bonds. The molecule has 1 heterocycles. The summed E-state index contributed by atoms with van der Waals surface area (Å²) in [4.78, 5) is 24.3. The fraction of sp³-hybridized carbons (Fsp3) is 0.500. The quantitative estimate of drug-likeness (QED) is 0.666. The van der Waals surface area contributed by atoms with Crippen LogP contribution in [0.15, 0.2) is 24.3 Å². The summed E-state index contributed by atoms with van der Waals surface area (Å²) >= 11 is 0. The van der Waals surface area contributed by atoms with Gasteiger partial charge in [-0.05, 0) is 24.9 Å². The van der Waals surface area contributed by atoms with Crippen LogP contribution in [0, 0.1) is 10.1 Å². The van der Waals surface area contributed by atoms with E-state index in [1.807, 2.05) is 11.0 Å². The van der Waals surface area contributed by atoms with Crippen LogP contribution >= 0.6 is 0 Å². The molecule has 0 aromatic heterocycles. The Bertz CT molecular complexity index is 482. The Hall–Kier alpha value is -1.95. The lowest BCUT2D eigenvalue weighted by molar-refractivity contribution is -0.384. The van der Waals surface area contributed by atoms with Crippen LogP contribution in [0.25, 0.3) is 0 Å². The van der Waals surface area contributed by atoms with Crippen LogP contribution in [0.2, 0.25) is 0 Å². The Morgan fingerprint density at radius 2 is 2.20 bits per heavy atom. The highest BCUT2D eigenvalue weighted by Crippen LogP contribution is 2.15. The summed E-state index contributed by atoms with van der Waals surface area (Å²) in [6.07, 6.45) is 1.92. The van der Waals surface area contributed by atoms with Crippen molar-refractivity contribution >= 4 is 11.6 Å². The molecule has 1 fully saturated rings. The summed E-state index contributed by atoms with van der Waals surface area (Å²) in [5, 5.41) is 14.0. The number of nitrogens with zero attached hydrogens (tertiary/aromatic N) is 2. The van der Waals surface area contributed by atoms with E-state index in [9.17, 15) is 14.9 Å². The maximum atomic E-state index is 12.1. The molecule has 1 N–H and O–H groups in total. The van der Waals surface area contributed by atoms with Crippen molar-refractivity contribution in [1.29, 1.82) is 0 Å². The van der Waals surface area contributed by atoms with Crippen LogP contribution in [0.4, 0.5) is 5.69 Å². The molecule has 0 spiro atoms. The Morgan fingerprint density at radius 3 is 3.00 bits per heavy atom. The highest BCUT2D eigenvalue weighted by atomic mass is 16.6. The van der Waals surface area contributed by atoms with E-state index in [0.29, 0.717) is 12.8 Å². The lowest BCUT2D eigenvalue weighted by Crippen LogP contribution is -2.34. The molecular formula is C14H19N3O3. The van der Waals surface area contributed by atoms with Gasteiger partial charge in [0.1, 0.15) is 0 Å². The third kappa shape index (κ3) is 4.03. The minimum atomic E-state index is -0.411. The summed E-state index contributed by atoms with van der Waals surface area (Å²) in [6.45, 7) is 3.33. The van der Waals surface area contributed by atoms with Crippen LogP contribution in [-0.2, 0) is 11.2 Å². The van der Waals surface area contributed by atoms with Crippen molar-refractivity contribution in [3.05, 3.63) is 39.9 Å². The molecule has 0 atom stereocenters. The van der Waals surface area contributed by atoms with E-state index in [1.165, 1.54) is 12.1 Å². The maximum absolute atomic E-state index is 12.1. The number of rotatable bonds is 4. The number of aryl methyl sites for hydroxylation is 1. The predicted molar refractivity (Wildman–Crippen MR) is 75.5 cm³/mol. The lowest BCUT2D eigenvalue weighted by Gasteiger charge is -2.19. The predicted octanol–water partition coefficient (Wildman–Crippen LogP) is 1.35. The zero-order valence-corrected chi connectivity index (χ0v) is 11.4. The van der Waals surface area contributed by atoms with E-state index in [1.54, 1.807) is 6.07 Å². The number of carbonyl (C=O) groups excluding carboxylic acids is 1. The lowest BCUT2D eigenvalue weighted by atomic mass is 10.1. The minimum Gasteiger partial charge on any atom is -0.341 e. The van der Waals surface area contributed by atoms with Crippen LogP contribution in [0.5, 0.6) is 0 Å². The van der Waals surface area contributed by atoms with Gasteiger partial charge in [0.15, 0.2) is 0 Å². The van der Waals surface area contributed by atoms with Gasteiger partial charge in [0.05, 0.1) is 4.92 Å². The van der Waals surface area contributed by atoms with Gasteiger partial charge >= 0.3 is 0 Å². The molecule has 108 valence electrons. The second-order valence-electron chi connectivity index (χ2n) is 4.91. The molecule has 1 saturated heterocycles. The summed E-state index contributed by atoms with van der Waals surface area (Å²) in [6, 6.07) is 6.49. The highest BCUT2D eigenvalue weighted by molar-refractivity contribution is 5.76. The maximum Gasteiger partial charge on any atom is 0.269 e. The SMILES string of the molecule is O=C(CCc1cccc([N+](=O)[O-])c1)N1CCCNCC1. The Labute approximate surface area is 117 Å². The van der Waals surface area contributed by atoms with E-state index in [-0.39, 0.29) is 11.6 Å². The molecule has 1 aliphatic rings. The Balaban J connectivity index is 1.89. The average Bonchev–Trinajstić information content (AvgIpc) is 2.74. The van der Waals surface area contributed by atoms with Gasteiger partial charge in [0.25, 0.3) is 5.69 Å². The van der Waals surface area contributed by atoms with Crippen molar-refractivity contribution < 1.29 is 9.72 Å². The van der Waals surface area contributed by atoms with E-state index < -0.39 is 4.92 Å². The summed E-state index contributed by atoms with van der Waals surface area (Å²) in [5.74, 6) is 0.125. The summed E-state index contributed by atoms with van der Waals surface area (Å²) in [7, 11) is 0. The first-order valence-corrected chi connectivity index (χ1v) is 6.88. The zero-order valence-electron chi connectivity index (χ0n) is 11.4. The molecular weight excluding hydrogens is 258 g/mol. The van der Waals surface area contributed by atoms with Crippen molar-refractivity contribution in [2.75, 3.05) is 26.2 Å². The third-order valence-electron chi connectivity index (χ3n) is 3.44. The second-order valence-corrected chi connectivity index (χ2v) is 4.91. The number of amides is 1. The monoisotopic (exact) mass is 277 g/mol. The average molecular weight is 277 g/mol. The molecule has 0 aliphatic carbocycles. The summed E-state index contributed by atoms with van der Waals surface area (Å²) in [5.41, 5.74) is 0.911. The number of non-ortho nitro benzene ring substituents is 1. The molecule has 1 aliphatic heterocycles. The number of nitro benzene ring substituents is 1. The summed E-state index contributed by atoms with van der Waals surface area (Å²) < 4.78 is 0. The number of benzene rings is 1. The van der Waals surface area contributed by atoms with Gasteiger partial charge < -0.3 is 10.2 Å². The highest BCUT2D eigenvalue weighted by Gasteiger charge is 2.15. The van der Waals surface area contributed by atoms with E-state index in [0.717, 1.165) is 38.2 Å². The van der Waals surface area contributed by atoms with Gasteiger partial charge in [-0.25, -0.2) is 0 Å². The first-order chi connectivity index (χ1) is 9.66. The van der Waals surface area contributed by atoms with Gasteiger partial charge in [0, 0.05) is 38.2 Å². The Morgan fingerprint density at radius 1 is 1.35 bits per heavy atom. The van der Waals surface area contributed by atoms with Gasteiger partial charge in [-0.2, -0.15) is 0 Å². The van der Waals surface area contributed by atoms with Gasteiger partial charge in [-0.3, -0.25) is 14.9 Å². The van der Waals surface area contributed by atoms with Gasteiger partial charge in [-0.15, -0.1) is 0 Å². The van der Waals surface area contributed by atoms with Crippen molar-refractivity contribution in [3.63, 3.8) is 0 Å². The molecule has 2 rings (SSSR count). The minimum absolute atomic E-state index is 0.0777. The second kappa shape index (κ2) is 7.00. The molecule has 6 heteroatoms. The van der Waals surface area contributed by atoms with E-state index in [2.05, 4.69) is 5.32 Å². The molecule has 0 unspecified atom stereocenters. The molecule has 1 aromatic rings. The number of nitrogens with one attached hydrogen (secondary N) is 1. The van der Waals surface area contributed by atoms with Crippen LogP contribution in [-0.4, -0.2) is 41.9 Å². The normalized spacial score (nSPS) is 15.7. The smallest absolute Gasteiger partial charge is 0.269 e. The van der Waals surface area contributed by atoms with E-state index >= 15 is 0 Å². The van der Waals surface area contributed by atoms with E-state index in [4.69, 9.17) is 0 Å². The van der Waals surface area contributed by atoms with Gasteiger partial charge in [-0.1, -0.05) is 12.1 Å². The largest absolute Gasteiger partial charge is 0.341 e. The fourth-order valence-corrected chi connectivity index (χ4v) is 2.33. The number of hydrogen-bond acceptors (Lipinski definition) is 4. The molecule has 0 saturated carbocycles. The standard InChI is InChI=1S/C14H19N3O3/c18-14(16-9-2-7-15-8-10-16)6-5-12-3-1-4-13(11-12)17(19)20/h1,3-4,11,15H,2,5-10H2. The first-order valence-electron chi connectivity index (χ1n) is 6.88. The molecule has 6 nitrogen and oxygen atoms in total. The fourth-order valence-electron chi connectivity index (χ4n) is 2.33. The zero-order chi connectivity index (χ0) is 14.4. The van der Waals surface area contributed by atoms with Crippen molar-refractivity contribution in [3.8, 4) is 0 Å². The van der Waals surface area contributed by atoms with Crippen molar-refractivity contribution in [1.82, 2.24) is 10.2 Å². The molecule has 0 bridgehead atoms. The van der Waals surface area contributed by atoms with Crippen molar-refractivity contribution in [2.45, 2.75) is 19.3 Å². The van der Waals surface area contributed by atoms with Crippen molar-refractivity contribution in [2.24, 2.45) is 0 Å². The third-order valence-corrected chi connectivity index (χ3v) is 3.44. The molecule has 1 aromatic carbocycles. The topological polar surface area (TPSA) is 75.5 Å². The number of carbonyl (C=O) groups is 1. The van der Waals surface area contributed by atoms with Crippen LogP contribution in [0.3, 0.4) is 0 Å². The molecule has 20 heavy (non-hydrogen) atoms. The number of hydrogen-bond donors (Lipinski definition) is 1. The Kier molecular flexibility index (Phi) is 5.06. The molecule has 0 radical (unpaired) electrons.